The number of nitriles is 1. The van der Waals surface area contributed by atoms with Crippen molar-refractivity contribution >= 4 is 5.97 Å². The fourth-order valence-corrected chi connectivity index (χ4v) is 3.42. The monoisotopic (exact) mass is 416 g/mol. The molecule has 0 fully saturated rings. The van der Waals surface area contributed by atoms with Crippen LogP contribution in [-0.2, 0) is 0 Å². The van der Waals surface area contributed by atoms with E-state index in [-0.39, 0.29) is 22.8 Å². The minimum Gasteiger partial charge on any atom is -0.497 e. The zero-order valence-electron chi connectivity index (χ0n) is 16.5. The van der Waals surface area contributed by atoms with Gasteiger partial charge in [-0.15, -0.1) is 0 Å². The van der Waals surface area contributed by atoms with Crippen molar-refractivity contribution in [1.82, 2.24) is 0 Å². The maximum atomic E-state index is 13.1. The third kappa shape index (κ3) is 3.91. The summed E-state index contributed by atoms with van der Waals surface area (Å²) in [6.45, 7) is 0. The molecule has 1 heterocycles. The average Bonchev–Trinajstić information content (AvgIpc) is 2.78. The van der Waals surface area contributed by atoms with E-state index in [1.807, 2.05) is 18.2 Å². The first-order valence-electron chi connectivity index (χ1n) is 9.33. The second-order valence-corrected chi connectivity index (χ2v) is 6.80. The van der Waals surface area contributed by atoms with Crippen LogP contribution in [0, 0.1) is 17.1 Å². The summed E-state index contributed by atoms with van der Waals surface area (Å²) in [5.41, 5.74) is 8.00. The van der Waals surface area contributed by atoms with Crippen LogP contribution < -0.4 is 19.9 Å². The van der Waals surface area contributed by atoms with E-state index in [1.165, 1.54) is 30.3 Å². The van der Waals surface area contributed by atoms with Crippen LogP contribution in [0.15, 0.2) is 78.2 Å². The van der Waals surface area contributed by atoms with Gasteiger partial charge in [0.15, 0.2) is 0 Å². The van der Waals surface area contributed by atoms with E-state index in [0.717, 1.165) is 5.56 Å². The Labute approximate surface area is 177 Å². The molecule has 3 aromatic carbocycles. The van der Waals surface area contributed by atoms with Crippen LogP contribution in [0.5, 0.6) is 17.2 Å². The molecular formula is C24H17FN2O4. The Balaban J connectivity index is 1.69. The Kier molecular flexibility index (Phi) is 5.29. The summed E-state index contributed by atoms with van der Waals surface area (Å²) in [6, 6.07) is 19.4. The van der Waals surface area contributed by atoms with Gasteiger partial charge in [-0.25, -0.2) is 9.18 Å². The van der Waals surface area contributed by atoms with Gasteiger partial charge in [0.2, 0.25) is 5.88 Å². The van der Waals surface area contributed by atoms with Crippen LogP contribution in [0.4, 0.5) is 4.39 Å². The van der Waals surface area contributed by atoms with Crippen molar-refractivity contribution in [3.8, 4) is 23.3 Å². The maximum absolute atomic E-state index is 13.1. The molecule has 4 rings (SSSR count). The first-order valence-corrected chi connectivity index (χ1v) is 9.33. The van der Waals surface area contributed by atoms with Gasteiger partial charge in [0.1, 0.15) is 34.7 Å². The molecule has 154 valence electrons. The van der Waals surface area contributed by atoms with Gasteiger partial charge >= 0.3 is 5.97 Å². The number of nitrogens with zero attached hydrogens (tertiary/aromatic N) is 1. The summed E-state index contributed by atoms with van der Waals surface area (Å²) >= 11 is 0. The molecule has 0 amide bonds. The summed E-state index contributed by atoms with van der Waals surface area (Å²) in [7, 11) is 1.56. The quantitative estimate of drug-likeness (QED) is 0.504. The van der Waals surface area contributed by atoms with Crippen molar-refractivity contribution in [3.63, 3.8) is 0 Å². The van der Waals surface area contributed by atoms with Crippen molar-refractivity contribution in [1.29, 1.82) is 5.26 Å². The lowest BCUT2D eigenvalue weighted by atomic mass is 9.83. The predicted molar refractivity (Wildman–Crippen MR) is 110 cm³/mol. The topological polar surface area (TPSA) is 94.6 Å². The predicted octanol–water partition coefficient (Wildman–Crippen LogP) is 4.27. The van der Waals surface area contributed by atoms with Gasteiger partial charge in [-0.1, -0.05) is 18.2 Å². The fraction of sp³-hybridized carbons (Fsp3) is 0.0833. The van der Waals surface area contributed by atoms with Crippen molar-refractivity contribution in [3.05, 3.63) is 101 Å². The van der Waals surface area contributed by atoms with Crippen LogP contribution in [-0.4, -0.2) is 13.1 Å². The third-order valence-corrected chi connectivity index (χ3v) is 4.91. The lowest BCUT2D eigenvalue weighted by Crippen LogP contribution is -2.21. The van der Waals surface area contributed by atoms with E-state index in [1.54, 1.807) is 25.3 Å². The molecule has 0 radical (unpaired) electrons. The van der Waals surface area contributed by atoms with Crippen LogP contribution in [0.2, 0.25) is 0 Å². The van der Waals surface area contributed by atoms with Crippen LogP contribution in [0.1, 0.15) is 27.4 Å². The highest BCUT2D eigenvalue weighted by Gasteiger charge is 2.31. The molecule has 0 aliphatic carbocycles. The molecule has 3 aromatic rings. The number of halogens is 1. The number of hydrogen-bond donors (Lipinski definition) is 1. The van der Waals surface area contributed by atoms with Gasteiger partial charge < -0.3 is 19.9 Å². The first kappa shape index (κ1) is 20.0. The number of ether oxygens (including phenoxy) is 3. The normalized spacial score (nSPS) is 14.8. The van der Waals surface area contributed by atoms with E-state index < -0.39 is 17.7 Å². The van der Waals surface area contributed by atoms with E-state index in [9.17, 15) is 14.4 Å². The van der Waals surface area contributed by atoms with Gasteiger partial charge in [-0.2, -0.15) is 5.26 Å². The number of fused-ring (bicyclic) bond motifs is 1. The van der Waals surface area contributed by atoms with E-state index in [4.69, 9.17) is 19.9 Å². The molecule has 2 N–H and O–H groups in total. The number of carbonyl (C=O) groups excluding carboxylic acids is 1. The number of rotatable bonds is 4. The maximum Gasteiger partial charge on any atom is 0.343 e. The number of nitrogens with two attached hydrogens (primary N) is 1. The molecular weight excluding hydrogens is 399 g/mol. The van der Waals surface area contributed by atoms with E-state index in [2.05, 4.69) is 6.07 Å². The Bertz CT molecular complexity index is 1230. The first-order chi connectivity index (χ1) is 15.0. The summed E-state index contributed by atoms with van der Waals surface area (Å²) in [5, 5.41) is 9.67. The van der Waals surface area contributed by atoms with Gasteiger partial charge in [0.25, 0.3) is 0 Å². The zero-order chi connectivity index (χ0) is 22.0. The fourth-order valence-electron chi connectivity index (χ4n) is 3.42. The molecule has 0 saturated heterocycles. The molecule has 31 heavy (non-hydrogen) atoms. The lowest BCUT2D eigenvalue weighted by molar-refractivity contribution is 0.0734. The minimum atomic E-state index is -0.638. The molecule has 0 aromatic heterocycles. The second-order valence-electron chi connectivity index (χ2n) is 6.80. The molecule has 0 bridgehead atoms. The Morgan fingerprint density at radius 1 is 1.10 bits per heavy atom. The molecule has 6 nitrogen and oxygen atoms in total. The van der Waals surface area contributed by atoms with Gasteiger partial charge in [-0.3, -0.25) is 0 Å². The molecule has 0 spiro atoms. The SMILES string of the molecule is COc1cccc(C2C(C#N)=C(N)Oc3cc(OC(=O)c4ccc(F)cc4)ccc32)c1. The summed E-state index contributed by atoms with van der Waals surface area (Å²) < 4.78 is 29.4. The van der Waals surface area contributed by atoms with Crippen molar-refractivity contribution in [2.45, 2.75) is 5.92 Å². The van der Waals surface area contributed by atoms with E-state index in [0.29, 0.717) is 17.1 Å². The molecule has 7 heteroatoms. The molecule has 1 aliphatic rings. The summed E-state index contributed by atoms with van der Waals surface area (Å²) in [6.07, 6.45) is 0. The second kappa shape index (κ2) is 8.20. The van der Waals surface area contributed by atoms with E-state index >= 15 is 0 Å². The molecule has 1 unspecified atom stereocenters. The highest BCUT2D eigenvalue weighted by atomic mass is 19.1. The zero-order valence-corrected chi connectivity index (χ0v) is 16.5. The molecule has 1 aliphatic heterocycles. The summed E-state index contributed by atoms with van der Waals surface area (Å²) in [4.78, 5) is 12.3. The number of benzene rings is 3. The highest BCUT2D eigenvalue weighted by Crippen LogP contribution is 2.44. The molecule has 0 saturated carbocycles. The van der Waals surface area contributed by atoms with Crippen LogP contribution in [0.25, 0.3) is 0 Å². The van der Waals surface area contributed by atoms with Crippen molar-refractivity contribution in [2.24, 2.45) is 5.73 Å². The Morgan fingerprint density at radius 2 is 1.87 bits per heavy atom. The highest BCUT2D eigenvalue weighted by molar-refractivity contribution is 5.91. The lowest BCUT2D eigenvalue weighted by Gasteiger charge is -2.27. The van der Waals surface area contributed by atoms with Crippen LogP contribution >= 0.6 is 0 Å². The number of carbonyl (C=O) groups is 1. The summed E-state index contributed by atoms with van der Waals surface area (Å²) in [5.74, 6) is -0.333. The number of esters is 1. The number of hydrogen-bond acceptors (Lipinski definition) is 6. The average molecular weight is 416 g/mol. The van der Waals surface area contributed by atoms with Crippen LogP contribution in [0.3, 0.4) is 0 Å². The third-order valence-electron chi connectivity index (χ3n) is 4.91. The van der Waals surface area contributed by atoms with Crippen molar-refractivity contribution < 1.29 is 23.4 Å². The smallest absolute Gasteiger partial charge is 0.343 e. The minimum absolute atomic E-state index is 0.0233. The Hall–Kier alpha value is -4.31. The Morgan fingerprint density at radius 3 is 2.58 bits per heavy atom. The van der Waals surface area contributed by atoms with Gasteiger partial charge in [-0.05, 0) is 48.0 Å². The number of methoxy groups -OCH3 is 1. The van der Waals surface area contributed by atoms with Gasteiger partial charge in [0, 0.05) is 11.6 Å². The largest absolute Gasteiger partial charge is 0.497 e. The van der Waals surface area contributed by atoms with Crippen molar-refractivity contribution in [2.75, 3.05) is 7.11 Å². The van der Waals surface area contributed by atoms with Gasteiger partial charge in [0.05, 0.1) is 18.6 Å². The molecule has 1 atom stereocenters. The number of allylic oxidation sites excluding steroid dienone is 1. The standard InChI is InChI=1S/C24H17FN2O4/c1-29-17-4-2-3-15(11-17)22-19-10-9-18(12-21(19)31-23(27)20(22)13-26)30-24(28)14-5-7-16(25)8-6-14/h2-12,22H,27H2,1H3.